The van der Waals surface area contributed by atoms with Crippen LogP contribution < -0.4 is 5.32 Å². The van der Waals surface area contributed by atoms with E-state index in [1.54, 1.807) is 0 Å². The van der Waals surface area contributed by atoms with E-state index in [2.05, 4.69) is 188 Å². The summed E-state index contributed by atoms with van der Waals surface area (Å²) in [4.78, 5) is 0. The van der Waals surface area contributed by atoms with Crippen molar-refractivity contribution in [2.75, 3.05) is 5.32 Å². The Morgan fingerprint density at radius 2 is 1.09 bits per heavy atom. The minimum atomic E-state index is -0.124. The fourth-order valence-corrected chi connectivity index (χ4v) is 7.81. The summed E-state index contributed by atoms with van der Waals surface area (Å²) in [5, 5.41) is 6.28. The molecule has 0 saturated heterocycles. The van der Waals surface area contributed by atoms with Gasteiger partial charge in [0.1, 0.15) is 0 Å². The maximum absolute atomic E-state index is 3.76. The van der Waals surface area contributed by atoms with Crippen molar-refractivity contribution in [2.45, 2.75) is 19.3 Å². The molecule has 1 aromatic heterocycles. The third-order valence-electron chi connectivity index (χ3n) is 9.96. The number of hydrogen-bond donors (Lipinski definition) is 1. The molecule has 0 fully saturated rings. The van der Waals surface area contributed by atoms with Gasteiger partial charge in [-0.25, -0.2) is 0 Å². The van der Waals surface area contributed by atoms with Crippen LogP contribution in [0.1, 0.15) is 25.0 Å². The molecule has 2 nitrogen and oxygen atoms in total. The Hall–Kier alpha value is -5.86. The molecule has 0 unspecified atom stereocenters. The van der Waals surface area contributed by atoms with Crippen LogP contribution in [0.4, 0.5) is 11.4 Å². The van der Waals surface area contributed by atoms with E-state index in [4.69, 9.17) is 0 Å². The summed E-state index contributed by atoms with van der Waals surface area (Å²) in [7, 11) is 0. The van der Waals surface area contributed by atoms with Crippen molar-refractivity contribution in [3.63, 3.8) is 0 Å². The second-order valence-corrected chi connectivity index (χ2v) is 13.1. The van der Waals surface area contributed by atoms with Crippen LogP contribution in [-0.4, -0.2) is 4.57 Å². The molecule has 0 bridgehead atoms. The molecule has 224 valence electrons. The number of para-hydroxylation sites is 3. The van der Waals surface area contributed by atoms with Crippen molar-refractivity contribution < 1.29 is 0 Å². The third-order valence-corrected chi connectivity index (χ3v) is 9.96. The van der Waals surface area contributed by atoms with Gasteiger partial charge in [0.15, 0.2) is 0 Å². The maximum Gasteiger partial charge on any atom is 0.0541 e. The molecule has 7 aromatic carbocycles. The van der Waals surface area contributed by atoms with Crippen molar-refractivity contribution in [1.29, 1.82) is 0 Å². The summed E-state index contributed by atoms with van der Waals surface area (Å²) < 4.78 is 2.37. The SMILES string of the molecule is CC1(C)c2ccccc2-c2cccc(-c3cc(-c4ccc5c(c4)c4ccccc4n5-c4ccccc4)ccc3Nc3ccccc3)c21. The number of aromatic nitrogens is 1. The van der Waals surface area contributed by atoms with Crippen LogP contribution in [0, 0.1) is 0 Å². The fraction of sp³-hybridized carbons (Fsp3) is 0.0667. The predicted octanol–water partition coefficient (Wildman–Crippen LogP) is 12.2. The summed E-state index contributed by atoms with van der Waals surface area (Å²) >= 11 is 0. The third kappa shape index (κ3) is 4.33. The normalized spacial score (nSPS) is 13.1. The van der Waals surface area contributed by atoms with Gasteiger partial charge in [0.25, 0.3) is 0 Å². The lowest BCUT2D eigenvalue weighted by molar-refractivity contribution is 0.662. The van der Waals surface area contributed by atoms with Crippen LogP contribution in [0.2, 0.25) is 0 Å². The molecular weight excluding hydrogens is 569 g/mol. The van der Waals surface area contributed by atoms with Crippen molar-refractivity contribution in [1.82, 2.24) is 4.57 Å². The molecule has 2 heteroatoms. The van der Waals surface area contributed by atoms with Gasteiger partial charge in [0, 0.05) is 38.8 Å². The van der Waals surface area contributed by atoms with Gasteiger partial charge in [-0.05, 0) is 93.5 Å². The van der Waals surface area contributed by atoms with Crippen LogP contribution in [0.15, 0.2) is 164 Å². The van der Waals surface area contributed by atoms with E-state index < -0.39 is 0 Å². The molecular formula is C45H34N2. The summed E-state index contributed by atoms with van der Waals surface area (Å²) in [5.41, 5.74) is 16.0. The summed E-state index contributed by atoms with van der Waals surface area (Å²) in [6.45, 7) is 4.73. The zero-order chi connectivity index (χ0) is 31.5. The van der Waals surface area contributed by atoms with Gasteiger partial charge in [0.05, 0.1) is 11.0 Å². The van der Waals surface area contributed by atoms with Crippen molar-refractivity contribution in [2.24, 2.45) is 0 Å². The number of anilines is 2. The van der Waals surface area contributed by atoms with Gasteiger partial charge < -0.3 is 9.88 Å². The first-order valence-electron chi connectivity index (χ1n) is 16.4. The monoisotopic (exact) mass is 602 g/mol. The first kappa shape index (κ1) is 27.5. The highest BCUT2D eigenvalue weighted by atomic mass is 15.0. The van der Waals surface area contributed by atoms with E-state index in [0.717, 1.165) is 11.4 Å². The largest absolute Gasteiger partial charge is 0.355 e. The average Bonchev–Trinajstić information content (AvgIpc) is 3.58. The molecule has 0 saturated carbocycles. The van der Waals surface area contributed by atoms with Crippen molar-refractivity contribution in [3.8, 4) is 39.1 Å². The van der Waals surface area contributed by atoms with Crippen molar-refractivity contribution in [3.05, 3.63) is 175 Å². The Kier molecular flexibility index (Phi) is 6.20. The molecule has 0 radical (unpaired) electrons. The number of fused-ring (bicyclic) bond motifs is 6. The van der Waals surface area contributed by atoms with Crippen molar-refractivity contribution >= 4 is 33.2 Å². The molecule has 1 aliphatic carbocycles. The standard InChI is InChI=1S/C45H34N2/c1-45(2)40-22-11-9-18-34(40)36-20-13-21-37(44(36)45)38-28-30(24-26-41(38)46-32-14-5-3-6-15-32)31-25-27-43-39(29-31)35-19-10-12-23-42(35)47(43)33-16-7-4-8-17-33/h3-29,46H,1-2H3. The first-order valence-corrected chi connectivity index (χ1v) is 16.4. The zero-order valence-electron chi connectivity index (χ0n) is 26.5. The van der Waals surface area contributed by atoms with Crippen LogP contribution in [-0.2, 0) is 5.41 Å². The van der Waals surface area contributed by atoms with Gasteiger partial charge in [-0.3, -0.25) is 0 Å². The number of nitrogens with zero attached hydrogens (tertiary/aromatic N) is 1. The lowest BCUT2D eigenvalue weighted by Gasteiger charge is -2.26. The molecule has 1 aliphatic rings. The van der Waals surface area contributed by atoms with Crippen LogP contribution >= 0.6 is 0 Å². The van der Waals surface area contributed by atoms with Crippen LogP contribution in [0.3, 0.4) is 0 Å². The lowest BCUT2D eigenvalue weighted by atomic mass is 9.78. The quantitative estimate of drug-likeness (QED) is 0.207. The number of nitrogens with one attached hydrogen (secondary N) is 1. The number of hydrogen-bond acceptors (Lipinski definition) is 1. The molecule has 0 atom stereocenters. The Bertz CT molecular complexity index is 2450. The van der Waals surface area contributed by atoms with E-state index in [0.29, 0.717) is 0 Å². The summed E-state index contributed by atoms with van der Waals surface area (Å²) in [6, 6.07) is 59.4. The molecule has 0 amide bonds. The second kappa shape index (κ2) is 10.6. The van der Waals surface area contributed by atoms with Crippen LogP contribution in [0.5, 0.6) is 0 Å². The Morgan fingerprint density at radius 3 is 1.91 bits per heavy atom. The second-order valence-electron chi connectivity index (χ2n) is 13.1. The van der Waals surface area contributed by atoms with Gasteiger partial charge in [0.2, 0.25) is 0 Å². The van der Waals surface area contributed by atoms with Crippen LogP contribution in [0.25, 0.3) is 60.9 Å². The smallest absolute Gasteiger partial charge is 0.0541 e. The van der Waals surface area contributed by atoms with Gasteiger partial charge in [-0.1, -0.05) is 123 Å². The molecule has 47 heavy (non-hydrogen) atoms. The molecule has 0 spiro atoms. The lowest BCUT2D eigenvalue weighted by Crippen LogP contribution is -2.16. The minimum absolute atomic E-state index is 0.124. The number of rotatable bonds is 5. The van der Waals surface area contributed by atoms with E-state index >= 15 is 0 Å². The molecule has 0 aliphatic heterocycles. The summed E-state index contributed by atoms with van der Waals surface area (Å²) in [5.74, 6) is 0. The number of benzene rings is 7. The predicted molar refractivity (Wildman–Crippen MR) is 199 cm³/mol. The Labute approximate surface area is 275 Å². The Balaban J connectivity index is 1.25. The maximum atomic E-state index is 3.76. The van der Waals surface area contributed by atoms with Gasteiger partial charge >= 0.3 is 0 Å². The van der Waals surface area contributed by atoms with E-state index in [1.165, 1.54) is 72.0 Å². The van der Waals surface area contributed by atoms with Gasteiger partial charge in [-0.2, -0.15) is 0 Å². The van der Waals surface area contributed by atoms with E-state index in [9.17, 15) is 0 Å². The molecule has 8 aromatic rings. The first-order chi connectivity index (χ1) is 23.1. The highest BCUT2D eigenvalue weighted by molar-refractivity contribution is 6.10. The van der Waals surface area contributed by atoms with E-state index in [1.807, 2.05) is 0 Å². The minimum Gasteiger partial charge on any atom is -0.355 e. The molecule has 1 N–H and O–H groups in total. The summed E-state index contributed by atoms with van der Waals surface area (Å²) in [6.07, 6.45) is 0. The molecule has 9 rings (SSSR count). The highest BCUT2D eigenvalue weighted by Gasteiger charge is 2.37. The molecule has 1 heterocycles. The fourth-order valence-electron chi connectivity index (χ4n) is 7.81. The highest BCUT2D eigenvalue weighted by Crippen LogP contribution is 2.53. The Morgan fingerprint density at radius 1 is 0.468 bits per heavy atom. The topological polar surface area (TPSA) is 17.0 Å². The zero-order valence-corrected chi connectivity index (χ0v) is 26.5. The van der Waals surface area contributed by atoms with E-state index in [-0.39, 0.29) is 5.41 Å². The average molecular weight is 603 g/mol. The van der Waals surface area contributed by atoms with Gasteiger partial charge in [-0.15, -0.1) is 0 Å².